The lowest BCUT2D eigenvalue weighted by Gasteiger charge is -2.04. The third-order valence-corrected chi connectivity index (χ3v) is 3.98. The van der Waals surface area contributed by atoms with Crippen LogP contribution in [0.2, 0.25) is 5.02 Å². The number of aromatic nitrogens is 2. The average molecular weight is 315 g/mol. The molecule has 0 aliphatic heterocycles. The van der Waals surface area contributed by atoms with E-state index in [1.54, 1.807) is 0 Å². The summed E-state index contributed by atoms with van der Waals surface area (Å²) in [5.74, 6) is 1.55. The van der Waals surface area contributed by atoms with Gasteiger partial charge in [-0.15, -0.1) is 11.8 Å². The summed E-state index contributed by atoms with van der Waals surface area (Å²) in [4.78, 5) is 5.19. The first-order valence-corrected chi connectivity index (χ1v) is 7.41. The Morgan fingerprint density at radius 3 is 3.00 bits per heavy atom. The third-order valence-electron chi connectivity index (χ3n) is 2.47. The molecule has 1 aromatic heterocycles. The van der Waals surface area contributed by atoms with Crippen LogP contribution < -0.4 is 0 Å². The molecule has 20 heavy (non-hydrogen) atoms. The first kappa shape index (κ1) is 15.3. The Balaban J connectivity index is 1.88. The molecule has 0 radical (unpaired) electrons. The molecule has 0 spiro atoms. The number of ether oxygens (including phenoxy) is 1. The van der Waals surface area contributed by atoms with Gasteiger partial charge in [-0.3, -0.25) is 0 Å². The monoisotopic (exact) mass is 314 g/mol. The number of thioether (sulfide) groups is 1. The van der Waals surface area contributed by atoms with Crippen LogP contribution in [-0.2, 0) is 16.9 Å². The highest BCUT2D eigenvalue weighted by atomic mass is 35.5. The molecule has 1 N–H and O–H groups in total. The number of benzene rings is 1. The lowest BCUT2D eigenvalue weighted by molar-refractivity contribution is 0.0599. The molecule has 0 saturated heterocycles. The van der Waals surface area contributed by atoms with Gasteiger partial charge in [0.25, 0.3) is 0 Å². The van der Waals surface area contributed by atoms with Gasteiger partial charge in [0.05, 0.1) is 29.9 Å². The second-order valence-corrected chi connectivity index (χ2v) is 5.56. The number of aliphatic hydroxyl groups is 1. The van der Waals surface area contributed by atoms with Crippen LogP contribution in [0, 0.1) is 0 Å². The molecule has 108 valence electrons. The smallest absolute Gasteiger partial charge is 0.229 e. The van der Waals surface area contributed by atoms with E-state index in [9.17, 15) is 5.11 Å². The highest BCUT2D eigenvalue weighted by molar-refractivity contribution is 7.98. The zero-order valence-electron chi connectivity index (χ0n) is 11.0. The Morgan fingerprint density at radius 2 is 2.25 bits per heavy atom. The van der Waals surface area contributed by atoms with Crippen molar-refractivity contribution in [2.75, 3.05) is 13.7 Å². The number of halogens is 1. The van der Waals surface area contributed by atoms with E-state index in [4.69, 9.17) is 20.9 Å². The molecule has 0 saturated carbocycles. The molecule has 0 bridgehead atoms. The summed E-state index contributed by atoms with van der Waals surface area (Å²) in [5.41, 5.74) is 0. The van der Waals surface area contributed by atoms with Gasteiger partial charge in [0, 0.05) is 12.0 Å². The predicted molar refractivity (Wildman–Crippen MR) is 76.9 cm³/mol. The number of hydrogen-bond donors (Lipinski definition) is 1. The number of hydrogen-bond acceptors (Lipinski definition) is 6. The maximum atomic E-state index is 9.58. The zero-order chi connectivity index (χ0) is 14.4. The quantitative estimate of drug-likeness (QED) is 0.792. The molecule has 0 aliphatic carbocycles. The second-order valence-electron chi connectivity index (χ2n) is 4.14. The lowest BCUT2D eigenvalue weighted by Crippen LogP contribution is -2.17. The largest absolute Gasteiger partial charge is 0.390 e. The Hall–Kier alpha value is -1.08. The highest BCUT2D eigenvalue weighted by Gasteiger charge is 2.12. The van der Waals surface area contributed by atoms with Crippen LogP contribution in [0.15, 0.2) is 33.7 Å². The molecular formula is C13H15ClN2O3S. The van der Waals surface area contributed by atoms with E-state index < -0.39 is 6.10 Å². The van der Waals surface area contributed by atoms with Gasteiger partial charge in [-0.05, 0) is 12.1 Å². The van der Waals surface area contributed by atoms with E-state index in [0.717, 1.165) is 4.90 Å². The molecule has 1 unspecified atom stereocenters. The van der Waals surface area contributed by atoms with E-state index in [1.807, 2.05) is 24.3 Å². The fourth-order valence-electron chi connectivity index (χ4n) is 1.59. The van der Waals surface area contributed by atoms with Crippen molar-refractivity contribution in [1.29, 1.82) is 0 Å². The van der Waals surface area contributed by atoms with E-state index in [0.29, 0.717) is 22.5 Å². The van der Waals surface area contributed by atoms with Crippen molar-refractivity contribution in [3.63, 3.8) is 0 Å². The van der Waals surface area contributed by atoms with Crippen molar-refractivity contribution < 1.29 is 14.4 Å². The number of rotatable bonds is 7. The second kappa shape index (κ2) is 7.64. The van der Waals surface area contributed by atoms with Crippen LogP contribution in [0.3, 0.4) is 0 Å². The SMILES string of the molecule is COCC(O)Cc1nc(CSc2ccccc2Cl)no1. The minimum Gasteiger partial charge on any atom is -0.390 e. The first-order chi connectivity index (χ1) is 9.69. The molecule has 0 fully saturated rings. The van der Waals surface area contributed by atoms with E-state index in [-0.39, 0.29) is 13.0 Å². The van der Waals surface area contributed by atoms with Gasteiger partial charge in [0.15, 0.2) is 5.82 Å². The Bertz CT molecular complexity index is 550. The van der Waals surface area contributed by atoms with Crippen LogP contribution >= 0.6 is 23.4 Å². The molecule has 0 amide bonds. The zero-order valence-corrected chi connectivity index (χ0v) is 12.5. The van der Waals surface area contributed by atoms with Crippen molar-refractivity contribution in [2.45, 2.75) is 23.2 Å². The molecule has 5 nitrogen and oxygen atoms in total. The molecule has 1 aromatic carbocycles. The fourth-order valence-corrected chi connectivity index (χ4v) is 2.67. The summed E-state index contributed by atoms with van der Waals surface area (Å²) in [6, 6.07) is 7.59. The van der Waals surface area contributed by atoms with Gasteiger partial charge in [0.2, 0.25) is 5.89 Å². The summed E-state index contributed by atoms with van der Waals surface area (Å²) in [6.07, 6.45) is -0.345. The van der Waals surface area contributed by atoms with Gasteiger partial charge in [-0.2, -0.15) is 4.98 Å². The molecule has 7 heteroatoms. The summed E-state index contributed by atoms with van der Waals surface area (Å²) in [7, 11) is 1.53. The normalized spacial score (nSPS) is 12.6. The van der Waals surface area contributed by atoms with E-state index in [2.05, 4.69) is 10.1 Å². The number of aliphatic hydroxyl groups excluding tert-OH is 1. The molecule has 2 aromatic rings. The highest BCUT2D eigenvalue weighted by Crippen LogP contribution is 2.28. The van der Waals surface area contributed by atoms with Crippen LogP contribution in [0.25, 0.3) is 0 Å². The van der Waals surface area contributed by atoms with Gasteiger partial charge >= 0.3 is 0 Å². The van der Waals surface area contributed by atoms with Gasteiger partial charge in [-0.25, -0.2) is 0 Å². The summed E-state index contributed by atoms with van der Waals surface area (Å²) in [6.45, 7) is 0.242. The third kappa shape index (κ3) is 4.49. The standard InChI is InChI=1S/C13H15ClN2O3S/c1-18-7-9(17)6-13-15-12(16-19-13)8-20-11-5-3-2-4-10(11)14/h2-5,9,17H,6-8H2,1H3. The van der Waals surface area contributed by atoms with Gasteiger partial charge in [-0.1, -0.05) is 28.9 Å². The summed E-state index contributed by atoms with van der Waals surface area (Å²) in [5, 5.41) is 14.2. The van der Waals surface area contributed by atoms with E-state index >= 15 is 0 Å². The van der Waals surface area contributed by atoms with Crippen molar-refractivity contribution in [2.24, 2.45) is 0 Å². The molecule has 2 rings (SSSR count). The fraction of sp³-hybridized carbons (Fsp3) is 0.385. The Labute approximate surface area is 126 Å². The van der Waals surface area contributed by atoms with Crippen LogP contribution in [0.1, 0.15) is 11.7 Å². The Morgan fingerprint density at radius 1 is 1.45 bits per heavy atom. The summed E-state index contributed by atoms with van der Waals surface area (Å²) >= 11 is 7.61. The maximum Gasteiger partial charge on any atom is 0.229 e. The molecular weight excluding hydrogens is 300 g/mol. The number of nitrogens with zero attached hydrogens (tertiary/aromatic N) is 2. The Kier molecular flexibility index (Phi) is 5.85. The summed E-state index contributed by atoms with van der Waals surface area (Å²) < 4.78 is 9.92. The van der Waals surface area contributed by atoms with Gasteiger partial charge in [0.1, 0.15) is 0 Å². The molecule has 0 aliphatic rings. The van der Waals surface area contributed by atoms with Crippen LogP contribution in [-0.4, -0.2) is 35.1 Å². The number of methoxy groups -OCH3 is 1. The lowest BCUT2D eigenvalue weighted by atomic mass is 10.3. The van der Waals surface area contributed by atoms with Crippen molar-refractivity contribution in [3.05, 3.63) is 41.0 Å². The average Bonchev–Trinajstić information content (AvgIpc) is 2.85. The molecule has 1 atom stereocenters. The van der Waals surface area contributed by atoms with Gasteiger partial charge < -0.3 is 14.4 Å². The maximum absolute atomic E-state index is 9.58. The van der Waals surface area contributed by atoms with E-state index in [1.165, 1.54) is 18.9 Å². The molecule has 1 heterocycles. The topological polar surface area (TPSA) is 68.4 Å². The van der Waals surface area contributed by atoms with Crippen molar-refractivity contribution in [1.82, 2.24) is 10.1 Å². The van der Waals surface area contributed by atoms with Crippen LogP contribution in [0.4, 0.5) is 0 Å². The first-order valence-electron chi connectivity index (χ1n) is 6.05. The van der Waals surface area contributed by atoms with Crippen LogP contribution in [0.5, 0.6) is 0 Å². The predicted octanol–water partition coefficient (Wildman–Crippen LogP) is 2.57. The minimum atomic E-state index is -0.635. The minimum absolute atomic E-state index is 0.242. The van der Waals surface area contributed by atoms with Crippen molar-refractivity contribution >= 4 is 23.4 Å². The van der Waals surface area contributed by atoms with Crippen molar-refractivity contribution in [3.8, 4) is 0 Å².